The summed E-state index contributed by atoms with van der Waals surface area (Å²) in [6.07, 6.45) is 2.60. The van der Waals surface area contributed by atoms with Gasteiger partial charge in [-0.3, -0.25) is 9.78 Å². The number of amides is 1. The maximum absolute atomic E-state index is 11.9. The minimum absolute atomic E-state index is 0.112. The normalized spacial score (nSPS) is 10.1. The van der Waals surface area contributed by atoms with Gasteiger partial charge in [-0.05, 0) is 18.2 Å². The van der Waals surface area contributed by atoms with Gasteiger partial charge in [-0.1, -0.05) is 29.3 Å². The molecule has 2 aromatic rings. The lowest BCUT2D eigenvalue weighted by molar-refractivity contribution is 0.102. The number of aromatic nitrogens is 1. The van der Waals surface area contributed by atoms with Gasteiger partial charge in [0.25, 0.3) is 5.91 Å². The van der Waals surface area contributed by atoms with E-state index >= 15 is 0 Å². The molecule has 0 saturated carbocycles. The van der Waals surface area contributed by atoms with E-state index in [1.807, 2.05) is 0 Å². The first-order valence-corrected chi connectivity index (χ1v) is 5.73. The van der Waals surface area contributed by atoms with E-state index in [4.69, 9.17) is 23.2 Å². The second-order valence-corrected chi connectivity index (χ2v) is 4.23. The molecular weight excluding hydrogens is 275 g/mol. The number of halogens is 2. The molecule has 0 aliphatic rings. The molecular formula is C12H8Cl2N2O2. The summed E-state index contributed by atoms with van der Waals surface area (Å²) in [4.78, 5) is 15.6. The Balaban J connectivity index is 2.27. The van der Waals surface area contributed by atoms with Crippen molar-refractivity contribution in [1.29, 1.82) is 0 Å². The number of nitrogens with one attached hydrogen (secondary N) is 1. The molecule has 0 fully saturated rings. The van der Waals surface area contributed by atoms with Crippen molar-refractivity contribution < 1.29 is 9.90 Å². The summed E-state index contributed by atoms with van der Waals surface area (Å²) >= 11 is 11.8. The van der Waals surface area contributed by atoms with Crippen molar-refractivity contribution >= 4 is 34.8 Å². The summed E-state index contributed by atoms with van der Waals surface area (Å²) in [6.45, 7) is 0. The Morgan fingerprint density at radius 2 is 2.06 bits per heavy atom. The van der Waals surface area contributed by atoms with Crippen molar-refractivity contribution in [3.63, 3.8) is 0 Å². The molecule has 0 aliphatic carbocycles. The number of aromatic hydroxyl groups is 1. The molecule has 0 aliphatic heterocycles. The molecule has 0 spiro atoms. The molecule has 18 heavy (non-hydrogen) atoms. The molecule has 4 nitrogen and oxygen atoms in total. The highest BCUT2D eigenvalue weighted by Crippen LogP contribution is 2.30. The Morgan fingerprint density at radius 3 is 2.78 bits per heavy atom. The van der Waals surface area contributed by atoms with Crippen LogP contribution in [0.2, 0.25) is 10.0 Å². The van der Waals surface area contributed by atoms with Gasteiger partial charge in [0.2, 0.25) is 0 Å². The fraction of sp³-hybridized carbons (Fsp3) is 0. The minimum atomic E-state index is -0.487. The minimum Gasteiger partial charge on any atom is -0.505 e. The van der Waals surface area contributed by atoms with Gasteiger partial charge in [0, 0.05) is 6.20 Å². The van der Waals surface area contributed by atoms with E-state index in [9.17, 15) is 9.90 Å². The monoisotopic (exact) mass is 282 g/mol. The first kappa shape index (κ1) is 12.7. The van der Waals surface area contributed by atoms with Gasteiger partial charge in [-0.25, -0.2) is 0 Å². The third kappa shape index (κ3) is 2.55. The van der Waals surface area contributed by atoms with Crippen LogP contribution in [0.4, 0.5) is 5.69 Å². The molecule has 1 aromatic heterocycles. The predicted molar refractivity (Wildman–Crippen MR) is 70.3 cm³/mol. The second-order valence-electron chi connectivity index (χ2n) is 3.45. The van der Waals surface area contributed by atoms with Gasteiger partial charge in [0.05, 0.1) is 27.5 Å². The van der Waals surface area contributed by atoms with Crippen LogP contribution in [0.15, 0.2) is 36.7 Å². The topological polar surface area (TPSA) is 62.2 Å². The van der Waals surface area contributed by atoms with Crippen LogP contribution in [0.5, 0.6) is 5.75 Å². The number of benzene rings is 1. The van der Waals surface area contributed by atoms with Crippen LogP contribution < -0.4 is 5.32 Å². The quantitative estimate of drug-likeness (QED) is 0.888. The Bertz CT molecular complexity index is 602. The van der Waals surface area contributed by atoms with Crippen molar-refractivity contribution in [3.05, 3.63) is 52.3 Å². The number of hydrogen-bond donors (Lipinski definition) is 2. The lowest BCUT2D eigenvalue weighted by Gasteiger charge is -2.08. The number of anilines is 1. The predicted octanol–water partition coefficient (Wildman–Crippen LogP) is 3.35. The Labute approximate surface area is 113 Å². The van der Waals surface area contributed by atoms with Gasteiger partial charge >= 0.3 is 0 Å². The number of carbonyl (C=O) groups is 1. The third-order valence-electron chi connectivity index (χ3n) is 2.24. The summed E-state index contributed by atoms with van der Waals surface area (Å²) in [5.74, 6) is -0.688. The molecule has 6 heteroatoms. The van der Waals surface area contributed by atoms with Crippen LogP contribution >= 0.6 is 23.2 Å². The number of nitrogens with zero attached hydrogens (tertiary/aromatic N) is 1. The number of carbonyl (C=O) groups excluding carboxylic acids is 1. The lowest BCUT2D eigenvalue weighted by atomic mass is 10.2. The summed E-state index contributed by atoms with van der Waals surface area (Å²) < 4.78 is 0. The van der Waals surface area contributed by atoms with Crippen molar-refractivity contribution in [2.45, 2.75) is 0 Å². The van der Waals surface area contributed by atoms with E-state index in [-0.39, 0.29) is 16.3 Å². The standard InChI is InChI=1S/C12H8Cl2N2O2/c13-8-2-1-3-9(11(8)14)16-12(18)7-4-5-15-6-10(7)17/h1-6,17H,(H,16,18). The number of pyridine rings is 1. The first-order valence-electron chi connectivity index (χ1n) is 4.98. The third-order valence-corrected chi connectivity index (χ3v) is 3.06. The average Bonchev–Trinajstić information content (AvgIpc) is 2.35. The number of hydrogen-bond acceptors (Lipinski definition) is 3. The van der Waals surface area contributed by atoms with Gasteiger partial charge in [0.15, 0.2) is 0 Å². The zero-order valence-electron chi connectivity index (χ0n) is 9.02. The van der Waals surface area contributed by atoms with Gasteiger partial charge in [-0.2, -0.15) is 0 Å². The first-order chi connectivity index (χ1) is 8.59. The van der Waals surface area contributed by atoms with E-state index in [2.05, 4.69) is 10.3 Å². The summed E-state index contributed by atoms with van der Waals surface area (Å²) in [7, 11) is 0. The fourth-order valence-electron chi connectivity index (χ4n) is 1.37. The SMILES string of the molecule is O=C(Nc1cccc(Cl)c1Cl)c1ccncc1O. The van der Waals surface area contributed by atoms with E-state index < -0.39 is 5.91 Å². The molecule has 1 aromatic carbocycles. The maximum Gasteiger partial charge on any atom is 0.259 e. The van der Waals surface area contributed by atoms with Gasteiger partial charge in [0.1, 0.15) is 5.75 Å². The van der Waals surface area contributed by atoms with Crippen LogP contribution in [0.3, 0.4) is 0 Å². The zero-order valence-corrected chi connectivity index (χ0v) is 10.5. The van der Waals surface area contributed by atoms with Crippen molar-refractivity contribution in [1.82, 2.24) is 4.98 Å². The fourth-order valence-corrected chi connectivity index (χ4v) is 1.72. The van der Waals surface area contributed by atoms with E-state index in [0.29, 0.717) is 10.7 Å². The highest BCUT2D eigenvalue weighted by molar-refractivity contribution is 6.44. The zero-order chi connectivity index (χ0) is 13.1. The van der Waals surface area contributed by atoms with E-state index in [1.54, 1.807) is 18.2 Å². The van der Waals surface area contributed by atoms with Gasteiger partial charge in [-0.15, -0.1) is 0 Å². The number of rotatable bonds is 2. The summed E-state index contributed by atoms with van der Waals surface area (Å²) in [5, 5.41) is 12.7. The Kier molecular flexibility index (Phi) is 3.69. The largest absolute Gasteiger partial charge is 0.505 e. The maximum atomic E-state index is 11.9. The van der Waals surface area contributed by atoms with Gasteiger partial charge < -0.3 is 10.4 Å². The molecule has 0 bridgehead atoms. The Hall–Kier alpha value is -1.78. The van der Waals surface area contributed by atoms with E-state index in [1.165, 1.54) is 18.5 Å². The lowest BCUT2D eigenvalue weighted by Crippen LogP contribution is -2.12. The molecule has 0 unspecified atom stereocenters. The highest BCUT2D eigenvalue weighted by Gasteiger charge is 2.13. The van der Waals surface area contributed by atoms with Crippen LogP contribution in [-0.2, 0) is 0 Å². The molecule has 92 valence electrons. The van der Waals surface area contributed by atoms with Crippen molar-refractivity contribution in [3.8, 4) is 5.75 Å². The molecule has 0 radical (unpaired) electrons. The van der Waals surface area contributed by atoms with Crippen LogP contribution in [0.1, 0.15) is 10.4 Å². The molecule has 0 atom stereocenters. The molecule has 1 heterocycles. The van der Waals surface area contributed by atoms with Crippen LogP contribution in [-0.4, -0.2) is 16.0 Å². The van der Waals surface area contributed by atoms with Crippen LogP contribution in [0, 0.1) is 0 Å². The van der Waals surface area contributed by atoms with E-state index in [0.717, 1.165) is 0 Å². The molecule has 0 saturated heterocycles. The summed E-state index contributed by atoms with van der Waals surface area (Å²) in [6, 6.07) is 6.30. The molecule has 2 N–H and O–H groups in total. The molecule has 2 rings (SSSR count). The second kappa shape index (κ2) is 5.25. The average molecular weight is 283 g/mol. The highest BCUT2D eigenvalue weighted by atomic mass is 35.5. The van der Waals surface area contributed by atoms with Crippen molar-refractivity contribution in [2.24, 2.45) is 0 Å². The Morgan fingerprint density at radius 1 is 1.28 bits per heavy atom. The van der Waals surface area contributed by atoms with Crippen LogP contribution in [0.25, 0.3) is 0 Å². The summed E-state index contributed by atoms with van der Waals surface area (Å²) in [5.41, 5.74) is 0.492. The smallest absolute Gasteiger partial charge is 0.259 e. The molecule has 1 amide bonds. The van der Waals surface area contributed by atoms with Crippen molar-refractivity contribution in [2.75, 3.05) is 5.32 Å².